The molecule has 0 atom stereocenters. The maximum atomic E-state index is 13.6. The second-order valence-electron chi connectivity index (χ2n) is 22.2. The molecular weight excluding hydrogens is 1800 g/mol. The predicted octanol–water partition coefficient (Wildman–Crippen LogP) is 11.8. The van der Waals surface area contributed by atoms with E-state index in [2.05, 4.69) is 139 Å². The van der Waals surface area contributed by atoms with Crippen molar-refractivity contribution in [3.05, 3.63) is 255 Å². The molecule has 0 N–H and O–H groups in total. The van der Waals surface area contributed by atoms with Crippen LogP contribution in [0.25, 0.3) is 45.0 Å². The van der Waals surface area contributed by atoms with E-state index >= 15 is 0 Å². The van der Waals surface area contributed by atoms with Crippen LogP contribution < -0.4 is 13.9 Å². The summed E-state index contributed by atoms with van der Waals surface area (Å²) in [5.74, 6) is -7.70. The zero-order valence-corrected chi connectivity index (χ0v) is 60.8. The first-order valence-electron chi connectivity index (χ1n) is 30.1. The Morgan fingerprint density at radius 2 is 0.606 bits per heavy atom. The monoisotopic (exact) mass is 1840 g/mol. The van der Waals surface area contributed by atoms with E-state index in [1.807, 2.05) is 171 Å². The Kier molecular flexibility index (Phi) is 21.8. The second kappa shape index (κ2) is 30.8. The fourth-order valence-corrected chi connectivity index (χ4v) is 10.6. The molecule has 0 radical (unpaired) electrons. The summed E-state index contributed by atoms with van der Waals surface area (Å²) >= 11 is 0. The van der Waals surface area contributed by atoms with Gasteiger partial charge in [-0.05, 0) is 34.3 Å². The van der Waals surface area contributed by atoms with Gasteiger partial charge in [-0.3, -0.25) is 19.9 Å². The van der Waals surface area contributed by atoms with Gasteiger partial charge in [-0.15, -0.1) is 51.7 Å². The van der Waals surface area contributed by atoms with Crippen LogP contribution in [0.15, 0.2) is 159 Å². The van der Waals surface area contributed by atoms with Gasteiger partial charge < -0.3 is 14.7 Å². The van der Waals surface area contributed by atoms with E-state index in [-0.39, 0.29) is 106 Å². The van der Waals surface area contributed by atoms with Crippen molar-refractivity contribution in [2.75, 3.05) is 42.3 Å². The molecule has 0 fully saturated rings. The Morgan fingerprint density at radius 3 is 0.875 bits per heavy atom. The first-order valence-corrected chi connectivity index (χ1v) is 30.1. The van der Waals surface area contributed by atoms with Crippen LogP contribution in [0.4, 0.5) is 92.0 Å². The average molecular weight is 1840 g/mol. The number of para-hydroxylation sites is 4. The number of hydrogen-bond donors (Lipinski definition) is 0. The van der Waals surface area contributed by atoms with Crippen molar-refractivity contribution in [3.8, 4) is 56.5 Å². The molecule has 16 rings (SSSR count). The first-order chi connectivity index (χ1) is 48.8. The summed E-state index contributed by atoms with van der Waals surface area (Å²) in [6.45, 7) is 0. The summed E-state index contributed by atoms with van der Waals surface area (Å²) in [6, 6.07) is 72.9. The number of aromatic nitrogens is 6. The molecule has 12 heterocycles. The number of fused-ring (bicyclic) bond motifs is 2. The molecule has 4 aromatic carbocycles. The Hall–Kier alpha value is -11.8. The van der Waals surface area contributed by atoms with E-state index in [1.54, 1.807) is 0 Å². The minimum Gasteiger partial charge on any atom is -0.611 e. The summed E-state index contributed by atoms with van der Waals surface area (Å²) in [5.41, 5.74) is 7.21. The number of pyridine rings is 6. The summed E-state index contributed by atoms with van der Waals surface area (Å²) in [5, 5.41) is 0. The quantitative estimate of drug-likeness (QED) is 0.0392. The van der Waals surface area contributed by atoms with E-state index in [4.69, 9.17) is 4.74 Å². The molecule has 0 bridgehead atoms. The van der Waals surface area contributed by atoms with Crippen molar-refractivity contribution < 1.29 is 146 Å². The van der Waals surface area contributed by atoms with Crippen LogP contribution in [0.3, 0.4) is 0 Å². The van der Waals surface area contributed by atoms with E-state index in [9.17, 15) is 35.1 Å². The predicted molar refractivity (Wildman–Crippen MR) is 343 cm³/mol. The number of hydrogen-bond acceptors (Lipinski definition) is 7. The number of nitrogens with zero attached hydrogens (tertiary/aromatic N) is 18. The van der Waals surface area contributed by atoms with E-state index < -0.39 is 47.6 Å². The van der Waals surface area contributed by atoms with Crippen molar-refractivity contribution in [2.45, 2.75) is 0 Å². The molecular formula is C74H44F8IrN18OPtRh+12. The standard InChI is InChI=1S/C44H34N12O.2C15H5F4N3.Ir.Pt.Rh/c1-45-15-19-51(27-45)37-23-41(53-21-17-47(3)29-53)43(25-39(37)55-31-49(5)33-11-7-9-13-35(33)55)57-44-26-40(56-32-50(6)34-12-8-10-14-36(34)56)38(52-20-16-46(2)28-52)24-42(44)54-22-18-48(4)30-54;2*16-12-6-4-8(14(18)21-12)10-2-1-3-11(20-10)9-5-7-13(17)22-15(9)19;;;/h7-22H,1-6H3;2*1-3,6-7H;;;/q+8;2*-2;+3;+2;+3. The van der Waals surface area contributed by atoms with E-state index in [0.717, 1.165) is 47.0 Å². The van der Waals surface area contributed by atoms with Gasteiger partial charge in [0.15, 0.2) is 42.3 Å². The fraction of sp³-hybridized carbons (Fsp3) is 0.0811. The van der Waals surface area contributed by atoms with Gasteiger partial charge in [-0.25, -0.2) is 35.1 Å². The normalized spacial score (nSPS) is 13.6. The van der Waals surface area contributed by atoms with Crippen LogP contribution in [0.5, 0.6) is 11.5 Å². The van der Waals surface area contributed by atoms with Gasteiger partial charge in [0.25, 0.3) is 22.7 Å². The zero-order chi connectivity index (χ0) is 70.3. The molecule has 0 saturated heterocycles. The van der Waals surface area contributed by atoms with Gasteiger partial charge >= 0.3 is 96.7 Å². The van der Waals surface area contributed by atoms with Crippen molar-refractivity contribution >= 4 is 92.9 Å². The first kappa shape index (κ1) is 73.4. The minimum atomic E-state index is -1.09. The topological polar surface area (TPSA) is 123 Å². The Morgan fingerprint density at radius 1 is 0.327 bits per heavy atom. The zero-order valence-electron chi connectivity index (χ0n) is 54.5. The molecule has 10 aromatic rings. The molecule has 30 heteroatoms. The van der Waals surface area contributed by atoms with Gasteiger partial charge in [0.2, 0.25) is 49.6 Å². The fourth-order valence-electron chi connectivity index (χ4n) is 10.6. The second-order valence-corrected chi connectivity index (χ2v) is 22.2. The number of benzene rings is 4. The summed E-state index contributed by atoms with van der Waals surface area (Å²) < 4.78 is 136. The Labute approximate surface area is 627 Å². The van der Waals surface area contributed by atoms with Gasteiger partial charge in [0.05, 0.1) is 34.1 Å². The van der Waals surface area contributed by atoms with Crippen LogP contribution in [-0.4, -0.2) is 154 Å². The minimum absolute atomic E-state index is 0. The smallest absolute Gasteiger partial charge is 0.611 e. The third kappa shape index (κ3) is 15.1. The van der Waals surface area contributed by atoms with Gasteiger partial charge in [-0.2, -0.15) is 24.3 Å². The van der Waals surface area contributed by atoms with Gasteiger partial charge in [0.1, 0.15) is 47.6 Å². The number of rotatable bonds is 12. The molecule has 0 saturated carbocycles. The van der Waals surface area contributed by atoms with E-state index in [0.29, 0.717) is 45.6 Å². The molecule has 6 aromatic heterocycles. The molecule has 508 valence electrons. The Balaban J connectivity index is 0.000000189. The summed E-state index contributed by atoms with van der Waals surface area (Å²) in [7, 11) is 11.6. The summed E-state index contributed by atoms with van der Waals surface area (Å²) in [6.07, 6.45) is 15.4. The van der Waals surface area contributed by atoms with Crippen molar-refractivity contribution in [2.24, 2.45) is 0 Å². The molecule has 19 nitrogen and oxygen atoms in total. The molecule has 104 heavy (non-hydrogen) atoms. The van der Waals surface area contributed by atoms with Crippen molar-refractivity contribution in [1.82, 2.24) is 39.1 Å². The number of halogens is 8. The molecule has 0 unspecified atom stereocenters. The molecule has 6 aliphatic heterocycles. The van der Waals surface area contributed by atoms with Crippen molar-refractivity contribution in [3.63, 3.8) is 0 Å². The third-order valence-corrected chi connectivity index (χ3v) is 15.2. The molecule has 0 aliphatic carbocycles. The van der Waals surface area contributed by atoms with Crippen molar-refractivity contribution in [1.29, 1.82) is 0 Å². The van der Waals surface area contributed by atoms with Crippen LogP contribution >= 0.6 is 0 Å². The largest absolute Gasteiger partial charge is 3.00 e. The maximum absolute atomic E-state index is 13.6. The average Bonchev–Trinajstić information content (AvgIpc) is 1.51. The van der Waals surface area contributed by atoms with Crippen LogP contribution in [0.2, 0.25) is 0 Å². The van der Waals surface area contributed by atoms with Crippen LogP contribution in [0.1, 0.15) is 0 Å². The van der Waals surface area contributed by atoms with Crippen LogP contribution in [0, 0.1) is 96.1 Å². The third-order valence-electron chi connectivity index (χ3n) is 15.2. The summed E-state index contributed by atoms with van der Waals surface area (Å²) in [4.78, 5) is 20.2. The Bertz CT molecular complexity index is 5440. The van der Waals surface area contributed by atoms with E-state index in [1.165, 1.54) is 36.4 Å². The maximum Gasteiger partial charge on any atom is 3.00 e. The molecule has 0 spiro atoms. The molecule has 0 amide bonds. The number of ether oxygens (including phenoxy) is 1. The van der Waals surface area contributed by atoms with Gasteiger partial charge in [0, 0.05) is 24.3 Å². The molecule has 6 aliphatic rings. The SMILES string of the molecule is C[N+]1=C=[N+](c2[c-]c([N+]3=C=[N+](C)C=C3)c([N+]3=C=[N+](C)c4ccccc43)[c-]c2Oc2[c-]c([N+]3=C=[N+](C)c4ccccc43)c([N+]3=C=[N+](C)C=C3)[c-]c2[N+]2=C=[N+](C)C=C2)C=C1.Fc1c[c-]c(-c2cccc(-c3[c-]cc(F)nc3F)n2)c(F)n1.Fc1c[c-]c(-c2cccc(-c3[c-]cc(F)nc3F)n2)c(F)n1.[Ir+3].[Pt+2].[Rh+3]. The van der Waals surface area contributed by atoms with Crippen LogP contribution in [-0.2, 0) is 60.6 Å². The van der Waals surface area contributed by atoms with Gasteiger partial charge in [-0.1, -0.05) is 135 Å².